The SMILES string of the molecule is C.COc1ccccc1C(O)c1ccc(NC(=O)C2(c3ccc4c(c3)OCO4)CC2)nc1.COc1ccccc1C(OS(C)(=O)=O)c1ccc(NC(=O)C2(c3ccc4c(c3)OCO4)CC2)nc1.COc1ccccc1C(c1ccc(NC(=O)C2(c3ccc4c(c3)OCO4)CC2)nc1)N(C)C. The number of hydrogen-bond acceptors (Lipinski definition) is 20. The quantitative estimate of drug-likeness (QED) is 0.0487. The van der Waals surface area contributed by atoms with E-state index in [-0.39, 0.29) is 51.6 Å². The summed E-state index contributed by atoms with van der Waals surface area (Å²) in [6.07, 6.45) is 8.58. The smallest absolute Gasteiger partial charge is 0.265 e. The van der Waals surface area contributed by atoms with E-state index in [4.69, 9.17) is 46.8 Å². The van der Waals surface area contributed by atoms with E-state index in [1.54, 1.807) is 81.1 Å². The van der Waals surface area contributed by atoms with Gasteiger partial charge in [0.15, 0.2) is 34.5 Å². The largest absolute Gasteiger partial charge is 0.496 e. The van der Waals surface area contributed by atoms with Crippen LogP contribution in [0.25, 0.3) is 0 Å². The summed E-state index contributed by atoms with van der Waals surface area (Å²) in [5.41, 5.74) is 5.36. The van der Waals surface area contributed by atoms with Crippen molar-refractivity contribution in [1.29, 1.82) is 0 Å². The molecule has 518 valence electrons. The average molecular weight is 1380 g/mol. The van der Waals surface area contributed by atoms with Gasteiger partial charge in [-0.1, -0.05) is 98.4 Å². The molecular formula is C76H77N7O16S. The van der Waals surface area contributed by atoms with E-state index in [1.807, 2.05) is 117 Å². The molecule has 6 heterocycles. The van der Waals surface area contributed by atoms with Gasteiger partial charge in [0, 0.05) is 46.4 Å². The Morgan fingerprint density at radius 2 is 0.800 bits per heavy atom. The molecule has 24 heteroatoms. The van der Waals surface area contributed by atoms with Gasteiger partial charge in [0.2, 0.25) is 38.1 Å². The van der Waals surface area contributed by atoms with Crippen molar-refractivity contribution in [2.45, 2.75) is 80.4 Å². The number of benzene rings is 6. The van der Waals surface area contributed by atoms with Gasteiger partial charge in [-0.25, -0.2) is 15.0 Å². The van der Waals surface area contributed by atoms with E-state index in [9.17, 15) is 27.9 Å². The van der Waals surface area contributed by atoms with Gasteiger partial charge in [-0.3, -0.25) is 23.5 Å². The second-order valence-electron chi connectivity index (χ2n) is 24.9. The predicted molar refractivity (Wildman–Crippen MR) is 372 cm³/mol. The third kappa shape index (κ3) is 14.5. The molecule has 3 aromatic heterocycles. The molecule has 3 fully saturated rings. The number of carbonyl (C=O) groups is 3. The number of rotatable bonds is 21. The summed E-state index contributed by atoms with van der Waals surface area (Å²) < 4.78 is 78.1. The summed E-state index contributed by atoms with van der Waals surface area (Å²) in [4.78, 5) is 54.7. The molecule has 100 heavy (non-hydrogen) atoms. The Kier molecular flexibility index (Phi) is 20.0. The molecule has 23 nitrogen and oxygen atoms in total. The normalized spacial score (nSPS) is 16.2. The Labute approximate surface area is 579 Å². The van der Waals surface area contributed by atoms with Gasteiger partial charge in [-0.15, -0.1) is 0 Å². The first-order chi connectivity index (χ1) is 47.9. The zero-order chi connectivity index (χ0) is 69.1. The fourth-order valence-electron chi connectivity index (χ4n) is 12.6. The monoisotopic (exact) mass is 1380 g/mol. The van der Waals surface area contributed by atoms with Crippen LogP contribution < -0.4 is 58.6 Å². The fraction of sp³-hybridized carbons (Fsp3) is 0.289. The van der Waals surface area contributed by atoms with Gasteiger partial charge in [-0.2, -0.15) is 8.42 Å². The second kappa shape index (κ2) is 29.0. The van der Waals surface area contributed by atoms with Crippen molar-refractivity contribution in [3.8, 4) is 51.7 Å². The van der Waals surface area contributed by atoms with E-state index in [0.29, 0.717) is 92.8 Å². The number of para-hydroxylation sites is 3. The number of amides is 3. The molecule has 0 saturated heterocycles. The van der Waals surface area contributed by atoms with Crippen LogP contribution in [-0.2, 0) is 44.9 Å². The van der Waals surface area contributed by atoms with Crippen LogP contribution in [0.1, 0.15) is 114 Å². The highest BCUT2D eigenvalue weighted by Crippen LogP contribution is 2.54. The zero-order valence-electron chi connectivity index (χ0n) is 55.2. The second-order valence-corrected chi connectivity index (χ2v) is 26.5. The number of anilines is 3. The third-order valence-corrected chi connectivity index (χ3v) is 19.0. The van der Waals surface area contributed by atoms with Crippen molar-refractivity contribution in [2.24, 2.45) is 0 Å². The molecule has 6 aromatic carbocycles. The van der Waals surface area contributed by atoms with Crippen LogP contribution in [0, 0.1) is 0 Å². The van der Waals surface area contributed by atoms with Crippen molar-refractivity contribution in [3.63, 3.8) is 0 Å². The molecule has 3 unspecified atom stereocenters. The van der Waals surface area contributed by atoms with Crippen LogP contribution >= 0.6 is 0 Å². The van der Waals surface area contributed by atoms with Crippen molar-refractivity contribution >= 4 is 45.3 Å². The maximum absolute atomic E-state index is 13.2. The number of methoxy groups -OCH3 is 3. The molecule has 0 bridgehead atoms. The average Bonchev–Trinajstić information content (AvgIpc) is 1.60. The van der Waals surface area contributed by atoms with Crippen molar-refractivity contribution in [1.82, 2.24) is 19.9 Å². The van der Waals surface area contributed by atoms with Gasteiger partial charge in [0.25, 0.3) is 10.1 Å². The van der Waals surface area contributed by atoms with Crippen LogP contribution in [0.3, 0.4) is 0 Å². The Bertz CT molecular complexity index is 4590. The number of pyridine rings is 3. The Morgan fingerprint density at radius 1 is 0.460 bits per heavy atom. The predicted octanol–water partition coefficient (Wildman–Crippen LogP) is 11.9. The van der Waals surface area contributed by atoms with E-state index >= 15 is 0 Å². The van der Waals surface area contributed by atoms with Crippen LogP contribution in [-0.4, -0.2) is 113 Å². The maximum Gasteiger partial charge on any atom is 0.265 e. The number of aromatic nitrogens is 3. The number of carbonyl (C=O) groups excluding carboxylic acids is 3. The van der Waals surface area contributed by atoms with Gasteiger partial charge < -0.3 is 63.7 Å². The zero-order valence-corrected chi connectivity index (χ0v) is 56.0. The van der Waals surface area contributed by atoms with E-state index < -0.39 is 38.6 Å². The van der Waals surface area contributed by atoms with Crippen LogP contribution in [0.4, 0.5) is 17.5 Å². The van der Waals surface area contributed by atoms with E-state index in [2.05, 4.69) is 41.9 Å². The van der Waals surface area contributed by atoms with Crippen molar-refractivity contribution in [3.05, 3.63) is 232 Å². The molecular weight excluding hydrogens is 1300 g/mol. The molecule has 0 spiro atoms. The molecule has 4 N–H and O–H groups in total. The lowest BCUT2D eigenvalue weighted by Crippen LogP contribution is -2.28. The van der Waals surface area contributed by atoms with Crippen molar-refractivity contribution < 1.29 is 74.7 Å². The number of hydrogen-bond donors (Lipinski definition) is 4. The minimum atomic E-state index is -3.79. The lowest BCUT2D eigenvalue weighted by Gasteiger charge is -2.26. The molecule has 3 saturated carbocycles. The Balaban J connectivity index is 0.000000142. The van der Waals surface area contributed by atoms with Gasteiger partial charge in [0.05, 0.1) is 49.9 Å². The molecule has 3 atom stereocenters. The minimum absolute atomic E-state index is 0. The molecule has 3 aliphatic carbocycles. The number of ether oxygens (including phenoxy) is 9. The lowest BCUT2D eigenvalue weighted by molar-refractivity contribution is -0.119. The number of aliphatic hydroxyl groups excluding tert-OH is 1. The minimum Gasteiger partial charge on any atom is -0.496 e. The summed E-state index contributed by atoms with van der Waals surface area (Å²) in [6, 6.07) is 49.8. The van der Waals surface area contributed by atoms with E-state index in [0.717, 1.165) is 71.3 Å². The highest BCUT2D eigenvalue weighted by atomic mass is 32.2. The summed E-state index contributed by atoms with van der Waals surface area (Å²) in [5.74, 6) is 7.02. The van der Waals surface area contributed by atoms with Crippen LogP contribution in [0.15, 0.2) is 182 Å². The number of aliphatic hydroxyl groups is 1. The molecule has 9 aromatic rings. The molecule has 0 radical (unpaired) electrons. The van der Waals surface area contributed by atoms with Crippen LogP contribution in [0.2, 0.25) is 0 Å². The third-order valence-electron chi connectivity index (χ3n) is 18.4. The first-order valence-corrected chi connectivity index (χ1v) is 33.9. The summed E-state index contributed by atoms with van der Waals surface area (Å²) in [5, 5.41) is 19.5. The number of nitrogens with one attached hydrogen (secondary N) is 3. The summed E-state index contributed by atoms with van der Waals surface area (Å²) in [6.45, 7) is 0.596. The topological polar surface area (TPSA) is 276 Å². The Hall–Kier alpha value is -10.8. The van der Waals surface area contributed by atoms with Gasteiger partial charge in [-0.05, 0) is 148 Å². The molecule has 3 aliphatic heterocycles. The summed E-state index contributed by atoms with van der Waals surface area (Å²) >= 11 is 0. The highest BCUT2D eigenvalue weighted by molar-refractivity contribution is 7.86. The maximum atomic E-state index is 13.2. The standard InChI is InChI=1S/C26H27N3O4.C25H24N2O7S.C24H22N2O5.CH4/c1-29(2)24(19-6-4-5-7-20(19)31-3)17-8-11-23(27-15-17)28-25(30)26(12-13-26)18-9-10-21-22(14-18)33-16-32-21;1-31-19-6-4-3-5-18(19)23(34-35(2,29)30)16-7-10-22(26-14-16)27-24(28)25(11-12-25)17-8-9-20-21(13-17)33-15-32-20;1-29-18-5-3-2-4-17(18)22(27)15-6-9-21(25-13-15)26-23(28)24(10-11-24)16-7-8-19-20(12-16)31-14-30-19;/h4-11,14-15,24H,12-13,16H2,1-3H3,(H,27,28,30);3-10,13-14,23H,11-12,15H2,1-2H3,(H,26,27,28);2-9,12-13,22,27H,10-11,14H2,1H3,(H,25,26,28);1H4. The van der Waals surface area contributed by atoms with Crippen LogP contribution in [0.5, 0.6) is 51.7 Å². The Morgan fingerprint density at radius 3 is 1.16 bits per heavy atom. The molecule has 3 amide bonds. The van der Waals surface area contributed by atoms with E-state index in [1.165, 1.54) is 13.3 Å². The number of fused-ring (bicyclic) bond motifs is 3. The first-order valence-electron chi connectivity index (χ1n) is 32.1. The van der Waals surface area contributed by atoms with Gasteiger partial charge >= 0.3 is 0 Å². The van der Waals surface area contributed by atoms with Crippen molar-refractivity contribution in [2.75, 3.05) is 78.0 Å². The highest BCUT2D eigenvalue weighted by Gasteiger charge is 2.54. The summed E-state index contributed by atoms with van der Waals surface area (Å²) in [7, 11) is 5.00. The first kappa shape index (κ1) is 69.1. The lowest BCUT2D eigenvalue weighted by atomic mass is 9.94. The molecule has 15 rings (SSSR count). The molecule has 6 aliphatic rings. The fourth-order valence-corrected chi connectivity index (χ4v) is 13.2. The number of nitrogens with zero attached hydrogens (tertiary/aromatic N) is 4. The van der Waals surface area contributed by atoms with Gasteiger partial charge in [0.1, 0.15) is 46.9 Å².